The molecule has 8 aromatic rings. The summed E-state index contributed by atoms with van der Waals surface area (Å²) in [5.74, 6) is -0.875. The van der Waals surface area contributed by atoms with Crippen molar-refractivity contribution in [3.8, 4) is 67.9 Å². The van der Waals surface area contributed by atoms with Crippen molar-refractivity contribution >= 4 is 0 Å². The summed E-state index contributed by atoms with van der Waals surface area (Å²) in [5.41, 5.74) is 7.04. The fraction of sp³-hybridized carbons (Fsp3) is 0. The van der Waals surface area contributed by atoms with Gasteiger partial charge in [-0.3, -0.25) is 29.9 Å². The first kappa shape index (κ1) is 38.9. The second-order valence-corrected chi connectivity index (χ2v) is 10.8. The Balaban J connectivity index is 0.000000151. The van der Waals surface area contributed by atoms with Crippen LogP contribution in [-0.4, -0.2) is 60.5 Å². The summed E-state index contributed by atoms with van der Waals surface area (Å²) in [6, 6.07) is 30.6. The maximum absolute atomic E-state index is 8.67. The Bertz CT molecular complexity index is 1780. The standard InChI is InChI=1S/3C10H8N2.2C6H6O3/c3*1-5-11-6-2-9(1)10-3-7-12-8-4-10;2*7-4-1-5(8)3-6(9)2-4/h3*1-8H;2*1-3,7-9H. The van der Waals surface area contributed by atoms with Crippen molar-refractivity contribution in [1.82, 2.24) is 29.9 Å². The molecule has 0 radical (unpaired) electrons. The molecule has 0 bridgehead atoms. The minimum atomic E-state index is -0.146. The van der Waals surface area contributed by atoms with Crippen LogP contribution in [0.3, 0.4) is 0 Å². The van der Waals surface area contributed by atoms with Gasteiger partial charge in [-0.25, -0.2) is 0 Å². The molecular weight excluding hydrogens is 684 g/mol. The minimum Gasteiger partial charge on any atom is -0.508 e. The molecular formula is C42H36N6O6. The third kappa shape index (κ3) is 14.2. The van der Waals surface area contributed by atoms with Gasteiger partial charge in [0, 0.05) is 111 Å². The molecule has 0 amide bonds. The number of rotatable bonds is 3. The summed E-state index contributed by atoms with van der Waals surface area (Å²) < 4.78 is 0. The molecule has 0 aliphatic rings. The van der Waals surface area contributed by atoms with E-state index in [2.05, 4.69) is 29.9 Å². The molecule has 0 fully saturated rings. The van der Waals surface area contributed by atoms with Gasteiger partial charge in [0.15, 0.2) is 0 Å². The Morgan fingerprint density at radius 1 is 0.204 bits per heavy atom. The maximum atomic E-state index is 8.67. The van der Waals surface area contributed by atoms with Crippen LogP contribution in [0.2, 0.25) is 0 Å². The van der Waals surface area contributed by atoms with Gasteiger partial charge in [-0.05, 0) is 106 Å². The lowest BCUT2D eigenvalue weighted by atomic mass is 10.1. The summed E-state index contributed by atoms with van der Waals surface area (Å²) in [5, 5.41) is 52.0. The molecule has 2 aromatic carbocycles. The van der Waals surface area contributed by atoms with Crippen molar-refractivity contribution in [3.63, 3.8) is 0 Å². The van der Waals surface area contributed by atoms with Gasteiger partial charge >= 0.3 is 0 Å². The molecule has 54 heavy (non-hydrogen) atoms. The van der Waals surface area contributed by atoms with Crippen LogP contribution in [0.1, 0.15) is 0 Å². The summed E-state index contributed by atoms with van der Waals surface area (Å²) in [6.07, 6.45) is 21.4. The molecule has 0 saturated carbocycles. The van der Waals surface area contributed by atoms with E-state index >= 15 is 0 Å². The number of aromatic nitrogens is 6. The zero-order valence-electron chi connectivity index (χ0n) is 28.7. The fourth-order valence-electron chi connectivity index (χ4n) is 4.43. The summed E-state index contributed by atoms with van der Waals surface area (Å²) >= 11 is 0. The molecule has 0 aliphatic heterocycles. The molecule has 6 heterocycles. The highest BCUT2D eigenvalue weighted by atomic mass is 16.3. The number of hydrogen-bond donors (Lipinski definition) is 6. The van der Waals surface area contributed by atoms with Gasteiger partial charge in [-0.2, -0.15) is 0 Å². The molecule has 12 heteroatoms. The number of phenolic OH excluding ortho intramolecular Hbond substituents is 6. The Kier molecular flexibility index (Phi) is 15.4. The fourth-order valence-corrected chi connectivity index (χ4v) is 4.43. The third-order valence-electron chi connectivity index (χ3n) is 6.86. The van der Waals surface area contributed by atoms with Crippen molar-refractivity contribution in [3.05, 3.63) is 184 Å². The summed E-state index contributed by atoms with van der Waals surface area (Å²) in [6.45, 7) is 0. The van der Waals surface area contributed by atoms with Crippen LogP contribution >= 0.6 is 0 Å². The molecule has 0 unspecified atom stereocenters. The highest BCUT2D eigenvalue weighted by Crippen LogP contribution is 2.25. The van der Waals surface area contributed by atoms with Crippen molar-refractivity contribution < 1.29 is 30.6 Å². The van der Waals surface area contributed by atoms with E-state index in [0.29, 0.717) is 0 Å². The molecule has 6 N–H and O–H groups in total. The van der Waals surface area contributed by atoms with Gasteiger partial charge < -0.3 is 30.6 Å². The Labute approximate surface area is 311 Å². The van der Waals surface area contributed by atoms with Crippen LogP contribution in [0, 0.1) is 0 Å². The van der Waals surface area contributed by atoms with Crippen molar-refractivity contribution in [2.45, 2.75) is 0 Å². The molecule has 0 aliphatic carbocycles. The first-order valence-electron chi connectivity index (χ1n) is 16.1. The SMILES string of the molecule is Oc1cc(O)cc(O)c1.Oc1cc(O)cc(O)c1.c1cc(-c2ccncc2)ccn1.c1cc(-c2ccncc2)ccn1.c1cc(-c2ccncc2)ccn1. The summed E-state index contributed by atoms with van der Waals surface area (Å²) in [7, 11) is 0. The van der Waals surface area contributed by atoms with E-state index in [0.717, 1.165) is 36.4 Å². The lowest BCUT2D eigenvalue weighted by Gasteiger charge is -1.97. The van der Waals surface area contributed by atoms with Gasteiger partial charge in [0.1, 0.15) is 34.5 Å². The van der Waals surface area contributed by atoms with Crippen LogP contribution < -0.4 is 0 Å². The van der Waals surface area contributed by atoms with E-state index in [1.807, 2.05) is 72.8 Å². The molecule has 0 atom stereocenters. The van der Waals surface area contributed by atoms with Gasteiger partial charge in [-0.15, -0.1) is 0 Å². The van der Waals surface area contributed by atoms with Gasteiger partial charge in [0.2, 0.25) is 0 Å². The Morgan fingerprint density at radius 2 is 0.315 bits per heavy atom. The number of nitrogens with zero attached hydrogens (tertiary/aromatic N) is 6. The average Bonchev–Trinajstić information content (AvgIpc) is 3.20. The topological polar surface area (TPSA) is 199 Å². The largest absolute Gasteiger partial charge is 0.508 e. The molecule has 0 saturated heterocycles. The second-order valence-electron chi connectivity index (χ2n) is 10.8. The Hall–Kier alpha value is -7.86. The maximum Gasteiger partial charge on any atom is 0.122 e. The number of phenols is 6. The van der Waals surface area contributed by atoms with Crippen LogP contribution in [0.15, 0.2) is 184 Å². The van der Waals surface area contributed by atoms with E-state index in [9.17, 15) is 0 Å². The number of hydrogen-bond acceptors (Lipinski definition) is 12. The number of pyridine rings is 6. The predicted molar refractivity (Wildman–Crippen MR) is 205 cm³/mol. The lowest BCUT2D eigenvalue weighted by Crippen LogP contribution is -1.77. The highest BCUT2D eigenvalue weighted by Gasteiger charge is 1.97. The van der Waals surface area contributed by atoms with Crippen LogP contribution in [0.5, 0.6) is 34.5 Å². The number of aromatic hydroxyl groups is 6. The van der Waals surface area contributed by atoms with Gasteiger partial charge in [-0.1, -0.05) is 0 Å². The van der Waals surface area contributed by atoms with Crippen molar-refractivity contribution in [2.75, 3.05) is 0 Å². The third-order valence-corrected chi connectivity index (χ3v) is 6.86. The van der Waals surface area contributed by atoms with Crippen molar-refractivity contribution in [1.29, 1.82) is 0 Å². The van der Waals surface area contributed by atoms with E-state index < -0.39 is 0 Å². The zero-order valence-corrected chi connectivity index (χ0v) is 28.7. The van der Waals surface area contributed by atoms with Crippen molar-refractivity contribution in [2.24, 2.45) is 0 Å². The van der Waals surface area contributed by atoms with E-state index in [1.54, 1.807) is 74.4 Å². The minimum absolute atomic E-state index is 0.146. The van der Waals surface area contributed by atoms with E-state index in [-0.39, 0.29) is 34.5 Å². The van der Waals surface area contributed by atoms with Gasteiger partial charge in [0.05, 0.1) is 0 Å². The van der Waals surface area contributed by atoms with E-state index in [4.69, 9.17) is 30.6 Å². The molecule has 12 nitrogen and oxygen atoms in total. The smallest absolute Gasteiger partial charge is 0.122 e. The second kappa shape index (κ2) is 21.4. The average molecular weight is 721 g/mol. The monoisotopic (exact) mass is 720 g/mol. The van der Waals surface area contributed by atoms with E-state index in [1.165, 1.54) is 33.4 Å². The molecule has 270 valence electrons. The quantitative estimate of drug-likeness (QED) is 0.103. The molecule has 6 aromatic heterocycles. The number of benzene rings is 2. The normalized spacial score (nSPS) is 9.56. The first-order valence-corrected chi connectivity index (χ1v) is 16.1. The zero-order chi connectivity index (χ0) is 38.4. The predicted octanol–water partition coefficient (Wildman–Crippen LogP) is 8.04. The van der Waals surface area contributed by atoms with Crippen LogP contribution in [0.25, 0.3) is 33.4 Å². The highest BCUT2D eigenvalue weighted by molar-refractivity contribution is 5.63. The van der Waals surface area contributed by atoms with Crippen LogP contribution in [0.4, 0.5) is 0 Å². The first-order chi connectivity index (χ1) is 26.3. The lowest BCUT2D eigenvalue weighted by molar-refractivity contribution is 0.426. The van der Waals surface area contributed by atoms with Crippen LogP contribution in [-0.2, 0) is 0 Å². The Morgan fingerprint density at radius 3 is 0.426 bits per heavy atom. The molecule has 0 spiro atoms. The van der Waals surface area contributed by atoms with Gasteiger partial charge in [0.25, 0.3) is 0 Å². The summed E-state index contributed by atoms with van der Waals surface area (Å²) in [4.78, 5) is 23.7. The molecule has 8 rings (SSSR count).